The number of rotatable bonds is 10. The van der Waals surface area contributed by atoms with Gasteiger partial charge in [-0.3, -0.25) is 14.9 Å². The third kappa shape index (κ3) is 7.73. The highest BCUT2D eigenvalue weighted by Gasteiger charge is 2.19. The fraction of sp³-hybridized carbons (Fsp3) is 0.407. The molecule has 2 amide bonds. The van der Waals surface area contributed by atoms with Crippen LogP contribution < -0.4 is 20.1 Å². The molecule has 1 aliphatic rings. The number of nitrogens with zero attached hydrogens (tertiary/aromatic N) is 3. The summed E-state index contributed by atoms with van der Waals surface area (Å²) in [5.41, 5.74) is 0.901. The van der Waals surface area contributed by atoms with Crippen molar-refractivity contribution in [1.29, 1.82) is 0 Å². The highest BCUT2D eigenvalue weighted by atomic mass is 32.1. The summed E-state index contributed by atoms with van der Waals surface area (Å²) in [7, 11) is 3.69. The normalized spacial score (nSPS) is 15.1. The maximum Gasteiger partial charge on any atom is 0.257 e. The molecule has 1 fully saturated rings. The SMILES string of the molecule is COC[C@H](C)Oc1cc(Oc2ccc(C(=O)NC3CCN(C)CC3)cc2)cc(C(=O)Nc2nc(C)ns2)c1. The first kappa shape index (κ1) is 27.5. The highest BCUT2D eigenvalue weighted by molar-refractivity contribution is 7.09. The lowest BCUT2D eigenvalue weighted by atomic mass is 10.0. The molecular weight excluding hydrogens is 506 g/mol. The summed E-state index contributed by atoms with van der Waals surface area (Å²) in [6, 6.07) is 12.1. The first-order chi connectivity index (χ1) is 18.3. The molecule has 2 N–H and O–H groups in total. The number of hydrogen-bond acceptors (Lipinski definition) is 9. The molecule has 0 spiro atoms. The summed E-state index contributed by atoms with van der Waals surface area (Å²) in [5, 5.41) is 6.28. The molecule has 11 heteroatoms. The van der Waals surface area contributed by atoms with E-state index in [0.717, 1.165) is 37.5 Å². The molecule has 2 heterocycles. The van der Waals surface area contributed by atoms with Gasteiger partial charge < -0.3 is 24.4 Å². The minimum absolute atomic E-state index is 0.0977. The van der Waals surface area contributed by atoms with Crippen LogP contribution in [0.15, 0.2) is 42.5 Å². The molecule has 38 heavy (non-hydrogen) atoms. The van der Waals surface area contributed by atoms with E-state index < -0.39 is 0 Å². The van der Waals surface area contributed by atoms with E-state index in [0.29, 0.717) is 45.9 Å². The molecule has 4 rings (SSSR count). The summed E-state index contributed by atoms with van der Waals surface area (Å²) >= 11 is 1.11. The van der Waals surface area contributed by atoms with Gasteiger partial charge in [0, 0.05) is 41.9 Å². The van der Waals surface area contributed by atoms with Crippen LogP contribution in [0.25, 0.3) is 0 Å². The van der Waals surface area contributed by atoms with Crippen molar-refractivity contribution < 1.29 is 23.8 Å². The van der Waals surface area contributed by atoms with Crippen LogP contribution in [0.3, 0.4) is 0 Å². The summed E-state index contributed by atoms with van der Waals surface area (Å²) in [5.74, 6) is 1.52. The second-order valence-corrected chi connectivity index (χ2v) is 10.1. The predicted molar refractivity (Wildman–Crippen MR) is 146 cm³/mol. The zero-order chi connectivity index (χ0) is 27.1. The number of methoxy groups -OCH3 is 1. The van der Waals surface area contributed by atoms with Crippen molar-refractivity contribution in [2.24, 2.45) is 0 Å². The predicted octanol–water partition coefficient (Wildman–Crippen LogP) is 4.13. The molecule has 0 saturated carbocycles. The largest absolute Gasteiger partial charge is 0.488 e. The Kier molecular flexibility index (Phi) is 9.27. The Morgan fingerprint density at radius 2 is 1.76 bits per heavy atom. The Labute approximate surface area is 226 Å². The quantitative estimate of drug-likeness (QED) is 0.395. The van der Waals surface area contributed by atoms with Gasteiger partial charge in [-0.15, -0.1) is 0 Å². The van der Waals surface area contributed by atoms with Crippen molar-refractivity contribution in [3.8, 4) is 17.2 Å². The van der Waals surface area contributed by atoms with Crippen LogP contribution >= 0.6 is 11.5 Å². The topological polar surface area (TPSA) is 115 Å². The van der Waals surface area contributed by atoms with Crippen molar-refractivity contribution in [3.63, 3.8) is 0 Å². The van der Waals surface area contributed by atoms with Gasteiger partial charge in [0.05, 0.1) is 6.61 Å². The van der Waals surface area contributed by atoms with Crippen molar-refractivity contribution in [3.05, 3.63) is 59.4 Å². The van der Waals surface area contributed by atoms with Gasteiger partial charge in [0.25, 0.3) is 11.8 Å². The first-order valence-electron chi connectivity index (χ1n) is 12.5. The van der Waals surface area contributed by atoms with Crippen LogP contribution in [-0.2, 0) is 4.74 Å². The molecule has 10 nitrogen and oxygen atoms in total. The number of benzene rings is 2. The number of ether oxygens (including phenoxy) is 3. The number of nitrogens with one attached hydrogen (secondary N) is 2. The van der Waals surface area contributed by atoms with E-state index in [4.69, 9.17) is 14.2 Å². The van der Waals surface area contributed by atoms with Gasteiger partial charge in [-0.05, 0) is 83.2 Å². The van der Waals surface area contributed by atoms with Crippen LogP contribution in [0, 0.1) is 6.92 Å². The Hall–Kier alpha value is -3.54. The number of carbonyl (C=O) groups excluding carboxylic acids is 2. The van der Waals surface area contributed by atoms with Gasteiger partial charge in [-0.2, -0.15) is 4.37 Å². The van der Waals surface area contributed by atoms with Crippen molar-refractivity contribution >= 4 is 28.5 Å². The van der Waals surface area contributed by atoms with Crippen molar-refractivity contribution in [2.45, 2.75) is 38.8 Å². The third-order valence-corrected chi connectivity index (χ3v) is 6.76. The van der Waals surface area contributed by atoms with Crippen LogP contribution in [0.1, 0.15) is 46.3 Å². The van der Waals surface area contributed by atoms with Crippen LogP contribution in [0.5, 0.6) is 17.2 Å². The van der Waals surface area contributed by atoms with Crippen LogP contribution in [0.4, 0.5) is 5.13 Å². The molecule has 1 aliphatic heterocycles. The second-order valence-electron chi connectivity index (χ2n) is 9.36. The molecule has 1 aromatic heterocycles. The standard InChI is InChI=1S/C27H33N5O5S/c1-17(16-35-4)36-23-13-20(26(34)30-27-28-18(2)31-38-27)14-24(15-23)37-22-7-5-19(6-8-22)25(33)29-21-9-11-32(3)12-10-21/h5-8,13-15,17,21H,9-12,16H2,1-4H3,(H,29,33)(H,28,30,31,34)/t17-/m0/s1. The molecule has 2 aromatic carbocycles. The number of hydrogen-bond donors (Lipinski definition) is 2. The average Bonchev–Trinajstić information content (AvgIpc) is 3.30. The van der Waals surface area contributed by atoms with E-state index >= 15 is 0 Å². The van der Waals surface area contributed by atoms with Gasteiger partial charge in [-0.25, -0.2) is 4.98 Å². The van der Waals surface area contributed by atoms with Gasteiger partial charge in [-0.1, -0.05) is 0 Å². The number of piperidine rings is 1. The summed E-state index contributed by atoms with van der Waals surface area (Å²) in [6.07, 6.45) is 1.65. The summed E-state index contributed by atoms with van der Waals surface area (Å²) < 4.78 is 21.2. The van der Waals surface area contributed by atoms with Crippen LogP contribution in [-0.4, -0.2) is 72.1 Å². The fourth-order valence-electron chi connectivity index (χ4n) is 4.08. The van der Waals surface area contributed by atoms with Crippen LogP contribution in [0.2, 0.25) is 0 Å². The molecule has 0 unspecified atom stereocenters. The maximum absolute atomic E-state index is 12.9. The minimum Gasteiger partial charge on any atom is -0.488 e. The monoisotopic (exact) mass is 539 g/mol. The number of carbonyl (C=O) groups is 2. The second kappa shape index (κ2) is 12.8. The molecule has 0 radical (unpaired) electrons. The van der Waals surface area contributed by atoms with Gasteiger partial charge >= 0.3 is 0 Å². The number of anilines is 1. The summed E-state index contributed by atoms with van der Waals surface area (Å²) in [4.78, 5) is 32.1. The molecule has 202 valence electrons. The minimum atomic E-state index is -0.364. The van der Waals surface area contributed by atoms with Gasteiger partial charge in [0.1, 0.15) is 29.2 Å². The van der Waals surface area contributed by atoms with E-state index in [2.05, 4.69) is 31.9 Å². The average molecular weight is 540 g/mol. The molecule has 3 aromatic rings. The summed E-state index contributed by atoms with van der Waals surface area (Å²) in [6.45, 7) is 5.97. The van der Waals surface area contributed by atoms with Crippen molar-refractivity contribution in [1.82, 2.24) is 19.6 Å². The van der Waals surface area contributed by atoms with Gasteiger partial charge in [0.2, 0.25) is 5.13 Å². The molecule has 0 aliphatic carbocycles. The number of amides is 2. The van der Waals surface area contributed by atoms with Crippen molar-refractivity contribution in [2.75, 3.05) is 39.2 Å². The zero-order valence-electron chi connectivity index (χ0n) is 22.0. The van der Waals surface area contributed by atoms with E-state index in [1.807, 2.05) is 6.92 Å². The van der Waals surface area contributed by atoms with E-state index in [1.165, 1.54) is 0 Å². The molecule has 0 bridgehead atoms. The Bertz CT molecular complexity index is 1240. The maximum atomic E-state index is 12.9. The number of aryl methyl sites for hydroxylation is 1. The lowest BCUT2D eigenvalue weighted by Crippen LogP contribution is -2.43. The Morgan fingerprint density at radius 3 is 2.42 bits per heavy atom. The fourth-order valence-corrected chi connectivity index (χ4v) is 4.65. The molecule has 1 saturated heterocycles. The number of likely N-dealkylation sites (tertiary alicyclic amines) is 1. The first-order valence-corrected chi connectivity index (χ1v) is 13.3. The molecular formula is C27H33N5O5S. The molecule has 1 atom stereocenters. The highest BCUT2D eigenvalue weighted by Crippen LogP contribution is 2.29. The Balaban J connectivity index is 1.47. The van der Waals surface area contributed by atoms with Gasteiger partial charge in [0.15, 0.2) is 0 Å². The number of aromatic nitrogens is 2. The lowest BCUT2D eigenvalue weighted by molar-refractivity contribution is 0.0915. The Morgan fingerprint density at radius 1 is 1.05 bits per heavy atom. The van der Waals surface area contributed by atoms with E-state index in [9.17, 15) is 9.59 Å². The zero-order valence-corrected chi connectivity index (χ0v) is 22.8. The van der Waals surface area contributed by atoms with E-state index in [-0.39, 0.29) is 24.0 Å². The smallest absolute Gasteiger partial charge is 0.257 e. The van der Waals surface area contributed by atoms with E-state index in [1.54, 1.807) is 56.5 Å². The lowest BCUT2D eigenvalue weighted by Gasteiger charge is -2.29. The third-order valence-electron chi connectivity index (χ3n) is 6.03.